The molecule has 0 aliphatic carbocycles. The van der Waals surface area contributed by atoms with Crippen LogP contribution in [0.4, 0.5) is 0 Å². The van der Waals surface area contributed by atoms with E-state index in [0.717, 1.165) is 119 Å². The summed E-state index contributed by atoms with van der Waals surface area (Å²) in [6.45, 7) is 30.9. The molecule has 2 aliphatic heterocycles. The highest BCUT2D eigenvalue weighted by Gasteiger charge is 2.42. The zero-order chi connectivity index (χ0) is 53.2. The van der Waals surface area contributed by atoms with Gasteiger partial charge in [-0.3, -0.25) is 4.18 Å². The molecule has 2 aliphatic rings. The summed E-state index contributed by atoms with van der Waals surface area (Å²) in [6.07, 6.45) is 25.2. The molecule has 13 heteroatoms. The summed E-state index contributed by atoms with van der Waals surface area (Å²) >= 11 is 0. The maximum Gasteiger partial charge on any atom is 0.297 e. The van der Waals surface area contributed by atoms with Gasteiger partial charge in [0.1, 0.15) is 18.5 Å². The molecule has 1 aromatic rings. The van der Waals surface area contributed by atoms with E-state index in [1.807, 2.05) is 39.8 Å². The lowest BCUT2D eigenvalue weighted by atomic mass is 9.89. The van der Waals surface area contributed by atoms with Gasteiger partial charge in [-0.1, -0.05) is 203 Å². The normalized spacial score (nSPS) is 20.4. The zero-order valence-corrected chi connectivity index (χ0v) is 51.5. The molecule has 0 spiro atoms. The Kier molecular flexibility index (Phi) is 31.8. The molecule has 422 valence electrons. The van der Waals surface area contributed by atoms with Gasteiger partial charge in [-0.25, -0.2) is 0 Å². The van der Waals surface area contributed by atoms with Gasteiger partial charge in [-0.05, 0) is 91.5 Å². The Labute approximate surface area is 445 Å². The molecule has 0 unspecified atom stereocenters. The maximum atomic E-state index is 13.6. The molecular weight excluding hydrogens is 957 g/mol. The first kappa shape index (κ1) is 65.6. The number of aliphatic hydroxyl groups excluding tert-OH is 1. The first-order valence-electron chi connectivity index (χ1n) is 29.6. The molecule has 10 nitrogen and oxygen atoms in total. The Bertz CT molecular complexity index is 1650. The fourth-order valence-corrected chi connectivity index (χ4v) is 13.3. The van der Waals surface area contributed by atoms with Gasteiger partial charge in [0.15, 0.2) is 0 Å². The van der Waals surface area contributed by atoms with E-state index in [0.29, 0.717) is 20.0 Å². The van der Waals surface area contributed by atoms with Crippen molar-refractivity contribution in [2.24, 2.45) is 0 Å². The number of ether oxygens (including phenoxy) is 6. The average Bonchev–Trinajstić information content (AvgIpc) is 4.01. The highest BCUT2D eigenvalue weighted by molar-refractivity contribution is 7.86. The van der Waals surface area contributed by atoms with Crippen LogP contribution in [0.3, 0.4) is 0 Å². The summed E-state index contributed by atoms with van der Waals surface area (Å²) in [7, 11) is -6.38. The summed E-state index contributed by atoms with van der Waals surface area (Å²) < 4.78 is 71.6. The van der Waals surface area contributed by atoms with Crippen molar-refractivity contribution in [3.63, 3.8) is 0 Å². The molecule has 0 amide bonds. The van der Waals surface area contributed by atoms with Crippen LogP contribution >= 0.6 is 0 Å². The fraction of sp³-hybridized carbons (Fsp3) is 0.898. The van der Waals surface area contributed by atoms with Gasteiger partial charge < -0.3 is 33.5 Å². The summed E-state index contributed by atoms with van der Waals surface area (Å²) in [5, 5.41) is 10.8. The first-order valence-corrected chi connectivity index (χ1v) is 38.4. The maximum absolute atomic E-state index is 13.6. The SMILES string of the molecule is CCCCCCCCCC[C@@H](OCOCC[Si](C)(C)C)[C@H]1CC[C@H]([C@H]2CC[C@H]([C@@H](CCCCCCCCCC[C@@H](O)COS(=O)(=O)c3c(C(C)C)cc(C(C)C)cc3C(C)C)OCOCC[Si](C)(C)C)O2)O1. The average molecular weight is 1070 g/mol. The van der Waals surface area contributed by atoms with E-state index >= 15 is 0 Å². The van der Waals surface area contributed by atoms with E-state index in [1.54, 1.807) is 0 Å². The Morgan fingerprint density at radius 3 is 1.33 bits per heavy atom. The highest BCUT2D eigenvalue weighted by atomic mass is 32.2. The van der Waals surface area contributed by atoms with Crippen LogP contribution in [0.25, 0.3) is 0 Å². The second kappa shape index (κ2) is 34.9. The van der Waals surface area contributed by atoms with Gasteiger partial charge in [-0.2, -0.15) is 8.42 Å². The summed E-state index contributed by atoms with van der Waals surface area (Å²) in [4.78, 5) is 0.284. The van der Waals surface area contributed by atoms with Crippen LogP contribution in [0.5, 0.6) is 0 Å². The number of benzene rings is 1. The number of hydrogen-bond donors (Lipinski definition) is 1. The minimum absolute atomic E-state index is 0.00998. The predicted octanol–water partition coefficient (Wildman–Crippen LogP) is 16.0. The summed E-state index contributed by atoms with van der Waals surface area (Å²) in [5.41, 5.74) is 2.72. The molecule has 2 fully saturated rings. The molecule has 0 saturated carbocycles. The molecule has 0 radical (unpaired) electrons. The van der Waals surface area contributed by atoms with E-state index in [2.05, 4.69) is 60.1 Å². The number of rotatable bonds is 42. The van der Waals surface area contributed by atoms with Gasteiger partial charge in [-0.15, -0.1) is 0 Å². The summed E-state index contributed by atoms with van der Waals surface area (Å²) in [5.74, 6) is 0.335. The van der Waals surface area contributed by atoms with Crippen molar-refractivity contribution >= 4 is 26.3 Å². The second-order valence-corrected chi connectivity index (χ2v) is 38.0. The van der Waals surface area contributed by atoms with Crippen molar-refractivity contribution in [2.75, 3.05) is 33.4 Å². The van der Waals surface area contributed by atoms with Crippen molar-refractivity contribution in [3.05, 3.63) is 28.8 Å². The highest BCUT2D eigenvalue weighted by Crippen LogP contribution is 2.38. The lowest BCUT2D eigenvalue weighted by Crippen LogP contribution is -2.35. The molecule has 7 atom stereocenters. The molecule has 0 aromatic heterocycles. The lowest BCUT2D eigenvalue weighted by Gasteiger charge is -2.28. The molecular formula is C59H112O10SSi2. The molecule has 1 N–H and O–H groups in total. The van der Waals surface area contributed by atoms with Crippen LogP contribution in [0.2, 0.25) is 51.4 Å². The molecule has 0 bridgehead atoms. The minimum atomic E-state index is -4.04. The Morgan fingerprint density at radius 2 is 0.958 bits per heavy atom. The van der Waals surface area contributed by atoms with E-state index in [9.17, 15) is 13.5 Å². The van der Waals surface area contributed by atoms with Crippen molar-refractivity contribution < 1.29 is 46.1 Å². The van der Waals surface area contributed by atoms with Crippen LogP contribution in [-0.2, 0) is 42.7 Å². The van der Waals surface area contributed by atoms with Gasteiger partial charge in [0.25, 0.3) is 10.1 Å². The Balaban J connectivity index is 1.42. The van der Waals surface area contributed by atoms with E-state index in [1.165, 1.54) is 64.2 Å². The van der Waals surface area contributed by atoms with Gasteiger partial charge in [0.2, 0.25) is 0 Å². The summed E-state index contributed by atoms with van der Waals surface area (Å²) in [6, 6.07) is 6.32. The zero-order valence-electron chi connectivity index (χ0n) is 48.7. The molecule has 3 rings (SSSR count). The minimum Gasteiger partial charge on any atom is -0.391 e. The molecule has 2 heterocycles. The number of hydrogen-bond acceptors (Lipinski definition) is 10. The quantitative estimate of drug-likeness (QED) is 0.0293. The van der Waals surface area contributed by atoms with Crippen LogP contribution in [-0.4, -0.2) is 106 Å². The second-order valence-electron chi connectivity index (χ2n) is 25.2. The van der Waals surface area contributed by atoms with Crippen LogP contribution in [0.15, 0.2) is 17.0 Å². The van der Waals surface area contributed by atoms with E-state index in [4.69, 9.17) is 32.6 Å². The van der Waals surface area contributed by atoms with Crippen molar-refractivity contribution in [1.82, 2.24) is 0 Å². The van der Waals surface area contributed by atoms with E-state index < -0.39 is 32.4 Å². The largest absolute Gasteiger partial charge is 0.391 e. The third-order valence-corrected chi connectivity index (χ3v) is 19.8. The van der Waals surface area contributed by atoms with Gasteiger partial charge in [0.05, 0.1) is 49.3 Å². The first-order chi connectivity index (χ1) is 34.1. The van der Waals surface area contributed by atoms with E-state index in [-0.39, 0.29) is 65.9 Å². The monoisotopic (exact) mass is 1070 g/mol. The molecule has 1 aromatic carbocycles. The third kappa shape index (κ3) is 26.6. The number of unbranched alkanes of at least 4 members (excludes halogenated alkanes) is 14. The topological polar surface area (TPSA) is 119 Å². The van der Waals surface area contributed by atoms with Crippen molar-refractivity contribution in [1.29, 1.82) is 0 Å². The third-order valence-electron chi connectivity index (χ3n) is 15.0. The van der Waals surface area contributed by atoms with Gasteiger partial charge >= 0.3 is 0 Å². The van der Waals surface area contributed by atoms with Crippen LogP contribution in [0, 0.1) is 0 Å². The molecule has 2 saturated heterocycles. The van der Waals surface area contributed by atoms with Crippen LogP contribution < -0.4 is 0 Å². The van der Waals surface area contributed by atoms with Gasteiger partial charge in [0, 0.05) is 29.4 Å². The Hall–Kier alpha value is -0.716. The standard InChI is InChI=1S/C59H112O10SSi2/c1-14-15-16-17-18-22-25-28-31-53(65-44-63-37-39-71(8,9)10)55-33-35-57(68-55)58-36-34-56(69-58)54(66-45-64-38-40-72(11,12)13)32-29-26-23-20-19-21-24-27-30-50(60)43-67-70(61,62)59-51(47(4)5)41-49(46(2)3)42-52(59)48(6)7/h41-42,46-48,50,53-58,60H,14-40,43-45H2,1-13H3/t50-,53-,54-,55-,56-,57-,58-/m1/s1. The lowest BCUT2D eigenvalue weighted by molar-refractivity contribution is -0.162. The Morgan fingerprint density at radius 1 is 0.569 bits per heavy atom. The smallest absolute Gasteiger partial charge is 0.297 e. The van der Waals surface area contributed by atoms with Crippen LogP contribution in [0.1, 0.15) is 231 Å². The fourth-order valence-electron chi connectivity index (χ4n) is 10.1. The van der Waals surface area contributed by atoms with Crippen molar-refractivity contribution in [2.45, 2.75) is 313 Å². The van der Waals surface area contributed by atoms with Crippen molar-refractivity contribution in [3.8, 4) is 0 Å². The predicted molar refractivity (Wildman–Crippen MR) is 305 cm³/mol. The molecule has 72 heavy (non-hydrogen) atoms. The number of aliphatic hydroxyl groups is 1.